The van der Waals surface area contributed by atoms with Crippen molar-refractivity contribution in [3.8, 4) is 33.4 Å². The molecule has 308 valence electrons. The number of aryl methyl sites for hydroxylation is 2. The normalized spacial score (nSPS) is 12.1. The first-order valence-corrected chi connectivity index (χ1v) is 22.3. The van der Waals surface area contributed by atoms with Crippen LogP contribution >= 0.6 is 0 Å². The van der Waals surface area contributed by atoms with Crippen LogP contribution in [0.25, 0.3) is 104 Å². The van der Waals surface area contributed by atoms with Gasteiger partial charge >= 0.3 is 0 Å². The van der Waals surface area contributed by atoms with Crippen LogP contribution in [0.1, 0.15) is 29.2 Å². The second-order valence-corrected chi connectivity index (χ2v) is 17.2. The van der Waals surface area contributed by atoms with Crippen molar-refractivity contribution in [1.29, 1.82) is 0 Å². The first-order chi connectivity index (χ1) is 31.9. The van der Waals surface area contributed by atoms with Crippen molar-refractivity contribution in [2.45, 2.75) is 20.8 Å². The zero-order valence-electron chi connectivity index (χ0n) is 36.6. The Hall–Kier alpha value is -8.27. The van der Waals surface area contributed by atoms with Crippen molar-refractivity contribution >= 4 is 82.4 Å². The van der Waals surface area contributed by atoms with E-state index >= 15 is 0 Å². The van der Waals surface area contributed by atoms with E-state index in [4.69, 9.17) is 9.41 Å². The Bertz CT molecular complexity index is 3940. The monoisotopic (exact) mass is 832 g/mol. The maximum absolute atomic E-state index is 6.59. The summed E-state index contributed by atoms with van der Waals surface area (Å²) in [5.41, 5.74) is 17.5. The van der Waals surface area contributed by atoms with Gasteiger partial charge in [-0.3, -0.25) is 4.57 Å². The van der Waals surface area contributed by atoms with E-state index in [0.717, 1.165) is 77.9 Å². The summed E-state index contributed by atoms with van der Waals surface area (Å²) in [6, 6.07) is 71.8. The molecular formula is C62H44N2O. The summed E-state index contributed by atoms with van der Waals surface area (Å²) in [5.74, 6) is 0.875. The molecule has 3 heteroatoms. The molecule has 0 radical (unpaired) electrons. The van der Waals surface area contributed by atoms with E-state index in [1.165, 1.54) is 60.1 Å². The Morgan fingerprint density at radius 3 is 1.94 bits per heavy atom. The third-order valence-corrected chi connectivity index (χ3v) is 13.4. The molecule has 65 heavy (non-hydrogen) atoms. The molecule has 0 spiro atoms. The standard InChI is InChI=1S/C62H44N2O/c1-38-17-8-9-20-46(38)54-36-45(30-29-39(54)2)48-26-16-28-59-60(48)55-35-43(32-34-58(55)65-59)44-31-33-53-57(37-44)64(62-52-25-13-11-23-50(52)49-22-10-12-24-51(49)61(53)62)41(4)63-56-27-15-14-21-47(56)40(3)42-18-6-5-7-19-42/h5-37H,3H2,1-2,4H3/b63-41+. The Balaban J connectivity index is 1.08. The Labute approximate surface area is 377 Å². The first kappa shape index (κ1) is 38.4. The van der Waals surface area contributed by atoms with Crippen LogP contribution in [0.5, 0.6) is 0 Å². The number of aromatic nitrogens is 1. The molecule has 12 aromatic rings. The molecule has 0 saturated heterocycles. The lowest BCUT2D eigenvalue weighted by molar-refractivity contribution is 0.669. The summed E-state index contributed by atoms with van der Waals surface area (Å²) >= 11 is 0. The fourth-order valence-corrected chi connectivity index (χ4v) is 10.2. The smallest absolute Gasteiger partial charge is 0.136 e. The molecule has 3 nitrogen and oxygen atoms in total. The van der Waals surface area contributed by atoms with Crippen LogP contribution in [0.3, 0.4) is 0 Å². The van der Waals surface area contributed by atoms with E-state index in [1.807, 2.05) is 6.07 Å². The lowest BCUT2D eigenvalue weighted by Crippen LogP contribution is -2.07. The molecule has 0 fully saturated rings. The quantitative estimate of drug-likeness (QED) is 0.0932. The van der Waals surface area contributed by atoms with Gasteiger partial charge in [-0.15, -0.1) is 0 Å². The summed E-state index contributed by atoms with van der Waals surface area (Å²) < 4.78 is 8.98. The highest BCUT2D eigenvalue weighted by Crippen LogP contribution is 2.44. The van der Waals surface area contributed by atoms with Gasteiger partial charge in [0.05, 0.1) is 16.7 Å². The van der Waals surface area contributed by atoms with Gasteiger partial charge in [-0.05, 0) is 129 Å². The number of furan rings is 1. The number of benzene rings is 10. The molecule has 0 bridgehead atoms. The highest BCUT2D eigenvalue weighted by Gasteiger charge is 2.21. The summed E-state index contributed by atoms with van der Waals surface area (Å²) in [4.78, 5) is 5.49. The molecule has 2 heterocycles. The largest absolute Gasteiger partial charge is 0.456 e. The number of rotatable bonds is 6. The van der Waals surface area contributed by atoms with E-state index < -0.39 is 0 Å². The average Bonchev–Trinajstić information content (AvgIpc) is 3.91. The highest BCUT2D eigenvalue weighted by molar-refractivity contribution is 6.33. The second-order valence-electron chi connectivity index (χ2n) is 17.2. The molecule has 2 aromatic heterocycles. The predicted molar refractivity (Wildman–Crippen MR) is 277 cm³/mol. The predicted octanol–water partition coefficient (Wildman–Crippen LogP) is 17.3. The Morgan fingerprint density at radius 2 is 1.11 bits per heavy atom. The van der Waals surface area contributed by atoms with E-state index in [9.17, 15) is 0 Å². The molecule has 0 aliphatic carbocycles. The minimum Gasteiger partial charge on any atom is -0.456 e. The van der Waals surface area contributed by atoms with Gasteiger partial charge in [0.1, 0.15) is 17.0 Å². The molecule has 0 unspecified atom stereocenters. The second kappa shape index (κ2) is 15.2. The molecule has 0 N–H and O–H groups in total. The van der Waals surface area contributed by atoms with Crippen LogP contribution in [-0.4, -0.2) is 10.4 Å². The van der Waals surface area contributed by atoms with Crippen molar-refractivity contribution in [2.24, 2.45) is 4.99 Å². The summed E-state index contributed by atoms with van der Waals surface area (Å²) in [5, 5.41) is 9.50. The van der Waals surface area contributed by atoms with E-state index in [0.29, 0.717) is 0 Å². The van der Waals surface area contributed by atoms with Gasteiger partial charge < -0.3 is 4.42 Å². The Kier molecular flexibility index (Phi) is 8.99. The summed E-state index contributed by atoms with van der Waals surface area (Å²) in [6.07, 6.45) is 0. The van der Waals surface area contributed by atoms with Crippen LogP contribution in [-0.2, 0) is 0 Å². The number of para-hydroxylation sites is 1. The van der Waals surface area contributed by atoms with Crippen LogP contribution in [0, 0.1) is 13.8 Å². The molecule has 0 aliphatic rings. The van der Waals surface area contributed by atoms with Crippen LogP contribution in [0.15, 0.2) is 216 Å². The van der Waals surface area contributed by atoms with Crippen molar-refractivity contribution < 1.29 is 4.42 Å². The summed E-state index contributed by atoms with van der Waals surface area (Å²) in [7, 11) is 0. The molecular weight excluding hydrogens is 789 g/mol. The first-order valence-electron chi connectivity index (χ1n) is 22.3. The summed E-state index contributed by atoms with van der Waals surface area (Å²) in [6.45, 7) is 11.1. The number of aliphatic imine (C=N–C) groups is 1. The van der Waals surface area contributed by atoms with Gasteiger partial charge in [0.2, 0.25) is 0 Å². The Morgan fingerprint density at radius 1 is 0.462 bits per heavy atom. The molecule has 12 rings (SSSR count). The number of nitrogens with zero attached hydrogens (tertiary/aromatic N) is 2. The third-order valence-electron chi connectivity index (χ3n) is 13.4. The molecule has 10 aromatic carbocycles. The molecule has 0 saturated carbocycles. The number of hydrogen-bond donors (Lipinski definition) is 0. The van der Waals surface area contributed by atoms with Crippen LogP contribution < -0.4 is 0 Å². The highest BCUT2D eigenvalue weighted by atomic mass is 16.3. The zero-order valence-corrected chi connectivity index (χ0v) is 36.6. The SMILES string of the molecule is C=C(c1ccccc1)c1ccccc1/N=C(\C)n1c2cc(-c3ccc4oc5cccc(-c6ccc(C)c(-c7ccccc7C)c6)c5c4c3)ccc2c2c3ccccc3c3ccccc3c21. The number of fused-ring (bicyclic) bond motifs is 11. The van der Waals surface area contributed by atoms with Crippen molar-refractivity contribution in [3.05, 3.63) is 229 Å². The molecule has 0 atom stereocenters. The van der Waals surface area contributed by atoms with Crippen LogP contribution in [0.4, 0.5) is 5.69 Å². The van der Waals surface area contributed by atoms with Crippen molar-refractivity contribution in [1.82, 2.24) is 4.57 Å². The van der Waals surface area contributed by atoms with Gasteiger partial charge in [0.25, 0.3) is 0 Å². The molecule has 0 amide bonds. The maximum Gasteiger partial charge on any atom is 0.136 e. The fourth-order valence-electron chi connectivity index (χ4n) is 10.2. The van der Waals surface area contributed by atoms with Crippen molar-refractivity contribution in [2.75, 3.05) is 0 Å². The van der Waals surface area contributed by atoms with E-state index in [1.54, 1.807) is 0 Å². The lowest BCUT2D eigenvalue weighted by Gasteiger charge is -2.14. The average molecular weight is 833 g/mol. The van der Waals surface area contributed by atoms with Crippen molar-refractivity contribution in [3.63, 3.8) is 0 Å². The topological polar surface area (TPSA) is 30.4 Å². The van der Waals surface area contributed by atoms with Gasteiger partial charge in [-0.2, -0.15) is 0 Å². The lowest BCUT2D eigenvalue weighted by atomic mass is 9.91. The minimum atomic E-state index is 0.870. The zero-order chi connectivity index (χ0) is 43.8. The van der Waals surface area contributed by atoms with Gasteiger partial charge in [-0.25, -0.2) is 4.99 Å². The number of hydrogen-bond acceptors (Lipinski definition) is 2. The van der Waals surface area contributed by atoms with Gasteiger partial charge in [0.15, 0.2) is 0 Å². The third kappa shape index (κ3) is 6.23. The van der Waals surface area contributed by atoms with Gasteiger partial charge in [0, 0.05) is 32.5 Å². The fraction of sp³-hybridized carbons (Fsp3) is 0.0484. The maximum atomic E-state index is 6.59. The van der Waals surface area contributed by atoms with E-state index in [2.05, 4.69) is 226 Å². The van der Waals surface area contributed by atoms with Crippen LogP contribution in [0.2, 0.25) is 0 Å². The van der Waals surface area contributed by atoms with Gasteiger partial charge in [-0.1, -0.05) is 170 Å². The van der Waals surface area contributed by atoms with E-state index in [-0.39, 0.29) is 0 Å². The molecule has 0 aliphatic heterocycles. The minimum absolute atomic E-state index is 0.870.